The van der Waals surface area contributed by atoms with Gasteiger partial charge in [0.1, 0.15) is 29.9 Å². The van der Waals surface area contributed by atoms with E-state index in [0.717, 1.165) is 0 Å². The van der Waals surface area contributed by atoms with Crippen molar-refractivity contribution in [2.24, 2.45) is 0 Å². The van der Waals surface area contributed by atoms with E-state index in [4.69, 9.17) is 10.00 Å². The first-order chi connectivity index (χ1) is 10.4. The van der Waals surface area contributed by atoms with Gasteiger partial charge in [0.15, 0.2) is 0 Å². The first-order valence-electron chi connectivity index (χ1n) is 6.08. The molecule has 2 rings (SSSR count). The number of hydrogen-bond acceptors (Lipinski definition) is 4. The molecule has 0 bridgehead atoms. The zero-order valence-electron chi connectivity index (χ0n) is 11.1. The van der Waals surface area contributed by atoms with E-state index in [2.05, 4.69) is 4.74 Å². The lowest BCUT2D eigenvalue weighted by molar-refractivity contribution is -0.274. The zero-order valence-corrected chi connectivity index (χ0v) is 11.1. The number of halogens is 3. The van der Waals surface area contributed by atoms with Gasteiger partial charge < -0.3 is 14.6 Å². The predicted octanol–water partition coefficient (Wildman–Crippen LogP) is 3.74. The van der Waals surface area contributed by atoms with E-state index < -0.39 is 6.36 Å². The normalized spacial score (nSPS) is 10.8. The Morgan fingerprint density at radius 3 is 2.36 bits per heavy atom. The summed E-state index contributed by atoms with van der Waals surface area (Å²) in [5.41, 5.74) is 0.830. The van der Waals surface area contributed by atoms with Crippen LogP contribution in [0.4, 0.5) is 13.2 Å². The average Bonchev–Trinajstić information content (AvgIpc) is 2.45. The van der Waals surface area contributed by atoms with Gasteiger partial charge >= 0.3 is 6.36 Å². The summed E-state index contributed by atoms with van der Waals surface area (Å²) in [5, 5.41) is 18.3. The highest BCUT2D eigenvalue weighted by Gasteiger charge is 2.30. The second kappa shape index (κ2) is 6.26. The molecular formula is C15H10F3NO3. The fraction of sp³-hybridized carbons (Fsp3) is 0.133. The van der Waals surface area contributed by atoms with Gasteiger partial charge in [0.05, 0.1) is 5.56 Å². The molecule has 1 N–H and O–H groups in total. The van der Waals surface area contributed by atoms with Gasteiger partial charge in [-0.1, -0.05) is 12.1 Å². The standard InChI is InChI=1S/C15H10F3NO3/c16-15(17,18)22-13-5-1-10(2-6-13)9-21-14-7-12(20)4-3-11(14)8-19/h1-7,20H,9H2. The number of nitriles is 1. The Bertz CT molecular complexity index is 691. The molecule has 0 aliphatic heterocycles. The highest BCUT2D eigenvalue weighted by Crippen LogP contribution is 2.25. The summed E-state index contributed by atoms with van der Waals surface area (Å²) in [7, 11) is 0. The number of ether oxygens (including phenoxy) is 2. The van der Waals surface area contributed by atoms with Crippen LogP contribution in [0.1, 0.15) is 11.1 Å². The molecule has 0 atom stereocenters. The Hall–Kier alpha value is -2.88. The van der Waals surface area contributed by atoms with Gasteiger partial charge in [-0.3, -0.25) is 0 Å². The molecule has 22 heavy (non-hydrogen) atoms. The van der Waals surface area contributed by atoms with Crippen LogP contribution in [0.15, 0.2) is 42.5 Å². The van der Waals surface area contributed by atoms with E-state index in [-0.39, 0.29) is 29.4 Å². The highest BCUT2D eigenvalue weighted by atomic mass is 19.4. The maximum atomic E-state index is 12.0. The number of phenolic OH excluding ortho intramolecular Hbond substituents is 1. The van der Waals surface area contributed by atoms with Crippen LogP contribution in [-0.2, 0) is 6.61 Å². The third-order valence-electron chi connectivity index (χ3n) is 2.64. The zero-order chi connectivity index (χ0) is 16.2. The lowest BCUT2D eigenvalue weighted by Gasteiger charge is -2.10. The number of hydrogen-bond donors (Lipinski definition) is 1. The van der Waals surface area contributed by atoms with Crippen molar-refractivity contribution in [3.05, 3.63) is 53.6 Å². The van der Waals surface area contributed by atoms with Gasteiger partial charge in [-0.05, 0) is 29.8 Å². The molecule has 0 unspecified atom stereocenters. The summed E-state index contributed by atoms with van der Waals surface area (Å²) in [5.74, 6) is -0.188. The van der Waals surface area contributed by atoms with Crippen LogP contribution in [0.2, 0.25) is 0 Å². The molecule has 7 heteroatoms. The van der Waals surface area contributed by atoms with E-state index in [1.54, 1.807) is 0 Å². The number of aromatic hydroxyl groups is 1. The quantitative estimate of drug-likeness (QED) is 0.934. The second-order valence-electron chi connectivity index (χ2n) is 4.27. The van der Waals surface area contributed by atoms with Crippen LogP contribution in [0, 0.1) is 11.3 Å². The highest BCUT2D eigenvalue weighted by molar-refractivity contribution is 5.47. The van der Waals surface area contributed by atoms with Gasteiger partial charge in [-0.25, -0.2) is 0 Å². The van der Waals surface area contributed by atoms with Crippen molar-refractivity contribution < 1.29 is 27.8 Å². The first-order valence-corrected chi connectivity index (χ1v) is 6.08. The van der Waals surface area contributed by atoms with Crippen LogP contribution < -0.4 is 9.47 Å². The molecule has 2 aromatic carbocycles. The second-order valence-corrected chi connectivity index (χ2v) is 4.27. The van der Waals surface area contributed by atoms with Crippen LogP contribution in [0.3, 0.4) is 0 Å². The average molecular weight is 309 g/mol. The van der Waals surface area contributed by atoms with Crippen LogP contribution in [0.5, 0.6) is 17.2 Å². The van der Waals surface area contributed by atoms with Crippen molar-refractivity contribution in [1.29, 1.82) is 5.26 Å². The molecule has 0 spiro atoms. The lowest BCUT2D eigenvalue weighted by Crippen LogP contribution is -2.17. The molecule has 0 aliphatic rings. The van der Waals surface area contributed by atoms with Crippen molar-refractivity contribution in [1.82, 2.24) is 0 Å². The molecule has 0 heterocycles. The van der Waals surface area contributed by atoms with Crippen LogP contribution in [0.25, 0.3) is 0 Å². The fourth-order valence-electron chi connectivity index (χ4n) is 1.67. The van der Waals surface area contributed by atoms with Gasteiger partial charge in [-0.2, -0.15) is 5.26 Å². The van der Waals surface area contributed by atoms with Crippen molar-refractivity contribution >= 4 is 0 Å². The lowest BCUT2D eigenvalue weighted by atomic mass is 10.2. The summed E-state index contributed by atoms with van der Waals surface area (Å²) in [6.45, 7) is 0.0322. The topological polar surface area (TPSA) is 62.5 Å². The van der Waals surface area contributed by atoms with E-state index in [1.165, 1.54) is 42.5 Å². The van der Waals surface area contributed by atoms with E-state index in [1.807, 2.05) is 6.07 Å². The summed E-state index contributed by atoms with van der Waals surface area (Å²) >= 11 is 0. The molecule has 0 aromatic heterocycles. The third-order valence-corrected chi connectivity index (χ3v) is 2.64. The minimum Gasteiger partial charge on any atom is -0.508 e. The monoisotopic (exact) mass is 309 g/mol. The number of alkyl halides is 3. The van der Waals surface area contributed by atoms with Crippen molar-refractivity contribution in [3.8, 4) is 23.3 Å². The van der Waals surface area contributed by atoms with Crippen LogP contribution in [-0.4, -0.2) is 11.5 Å². The Labute approximate surface area is 123 Å². The molecule has 0 aliphatic carbocycles. The molecule has 0 amide bonds. The number of phenols is 1. The predicted molar refractivity (Wildman–Crippen MR) is 70.3 cm³/mol. The van der Waals surface area contributed by atoms with Crippen molar-refractivity contribution in [3.63, 3.8) is 0 Å². The summed E-state index contributed by atoms with van der Waals surface area (Å²) in [4.78, 5) is 0. The number of rotatable bonds is 4. The van der Waals surface area contributed by atoms with E-state index in [9.17, 15) is 18.3 Å². The molecule has 0 saturated heterocycles. The van der Waals surface area contributed by atoms with Gasteiger partial charge in [-0.15, -0.1) is 13.2 Å². The molecule has 0 saturated carbocycles. The van der Waals surface area contributed by atoms with Gasteiger partial charge in [0.25, 0.3) is 0 Å². The number of benzene rings is 2. The summed E-state index contributed by atoms with van der Waals surface area (Å²) < 4.78 is 45.2. The maximum Gasteiger partial charge on any atom is 0.573 e. The Morgan fingerprint density at radius 2 is 1.77 bits per heavy atom. The van der Waals surface area contributed by atoms with Crippen LogP contribution >= 0.6 is 0 Å². The van der Waals surface area contributed by atoms with E-state index >= 15 is 0 Å². The van der Waals surface area contributed by atoms with Gasteiger partial charge in [0.2, 0.25) is 0 Å². The number of nitrogens with zero attached hydrogens (tertiary/aromatic N) is 1. The summed E-state index contributed by atoms with van der Waals surface area (Å²) in [6, 6.07) is 11.1. The molecular weight excluding hydrogens is 299 g/mol. The molecule has 2 aromatic rings. The summed E-state index contributed by atoms with van der Waals surface area (Å²) in [6.07, 6.45) is -4.73. The molecule has 0 radical (unpaired) electrons. The Morgan fingerprint density at radius 1 is 1.09 bits per heavy atom. The minimum atomic E-state index is -4.73. The SMILES string of the molecule is N#Cc1ccc(O)cc1OCc1ccc(OC(F)(F)F)cc1. The Balaban J connectivity index is 2.04. The Kier molecular flexibility index (Phi) is 4.41. The minimum absolute atomic E-state index is 0.0322. The largest absolute Gasteiger partial charge is 0.573 e. The third kappa shape index (κ3) is 4.31. The van der Waals surface area contributed by atoms with Crippen molar-refractivity contribution in [2.45, 2.75) is 13.0 Å². The molecule has 0 fully saturated rings. The fourth-order valence-corrected chi connectivity index (χ4v) is 1.67. The smallest absolute Gasteiger partial charge is 0.508 e. The van der Waals surface area contributed by atoms with Gasteiger partial charge in [0, 0.05) is 6.07 Å². The van der Waals surface area contributed by atoms with E-state index in [0.29, 0.717) is 5.56 Å². The van der Waals surface area contributed by atoms with Crippen molar-refractivity contribution in [2.75, 3.05) is 0 Å². The first kappa shape index (κ1) is 15.5. The maximum absolute atomic E-state index is 12.0. The molecule has 4 nitrogen and oxygen atoms in total. The molecule has 114 valence electrons.